The molecule has 0 atom stereocenters. The number of aromatic nitrogens is 4. The Balaban J connectivity index is 0.00000320. The maximum absolute atomic E-state index is 5.13. The van der Waals surface area contributed by atoms with Crippen LogP contribution in [0, 0.1) is 13.8 Å². The molecule has 196 valence electrons. The van der Waals surface area contributed by atoms with Crippen LogP contribution in [-0.2, 0) is 29.3 Å². The molecule has 0 aromatic carbocycles. The van der Waals surface area contributed by atoms with Crippen LogP contribution in [0.5, 0.6) is 0 Å². The van der Waals surface area contributed by atoms with Crippen molar-refractivity contribution in [3.05, 3.63) is 69.3 Å². The van der Waals surface area contributed by atoms with E-state index in [2.05, 4.69) is 89.6 Å². The first-order valence-electron chi connectivity index (χ1n) is 13.4. The molecular weight excluding hydrogens is 499 g/mol. The molecule has 2 N–H and O–H groups in total. The zero-order valence-electron chi connectivity index (χ0n) is 23.3. The number of aromatic amines is 2. The van der Waals surface area contributed by atoms with Crippen molar-refractivity contribution in [3.8, 4) is 0 Å². The number of fused-ring (bicyclic) bond motifs is 8. The van der Waals surface area contributed by atoms with Crippen LogP contribution >= 0.6 is 0 Å². The summed E-state index contributed by atoms with van der Waals surface area (Å²) in [5.41, 5.74) is 19.3. The van der Waals surface area contributed by atoms with E-state index in [-0.39, 0.29) is 16.5 Å². The van der Waals surface area contributed by atoms with Gasteiger partial charge in [0.2, 0.25) is 0 Å². The topological polar surface area (TPSA) is 57.4 Å². The average Bonchev–Trinajstić information content (AvgIpc) is 3.51. The summed E-state index contributed by atoms with van der Waals surface area (Å²) in [5, 5.41) is 0. The predicted molar refractivity (Wildman–Crippen MR) is 155 cm³/mol. The second kappa shape index (κ2) is 10.5. The molecule has 5 heteroatoms. The molecule has 5 heterocycles. The van der Waals surface area contributed by atoms with Crippen LogP contribution in [-0.4, -0.2) is 19.9 Å². The van der Waals surface area contributed by atoms with Crippen molar-refractivity contribution < 1.29 is 16.5 Å². The molecule has 0 unspecified atom stereocenters. The van der Waals surface area contributed by atoms with Gasteiger partial charge in [0.25, 0.3) is 0 Å². The van der Waals surface area contributed by atoms with E-state index in [0.29, 0.717) is 0 Å². The Hall–Kier alpha value is -2.91. The molecule has 37 heavy (non-hydrogen) atoms. The number of rotatable bonds is 4. The largest absolute Gasteiger partial charge is 0.355 e. The maximum atomic E-state index is 5.13. The van der Waals surface area contributed by atoms with Crippen LogP contribution in [0.1, 0.15) is 99.4 Å². The standard InChI is InChI=1S/C32H38N4.Ni/c1-9-21-17(5)25-13-26-19(7)23(11-3)31(35-26)16-32-24(12-4)20(8)28(36-32)14-27-18(6)22(10-2)30(34-27)15-29(21)33-25;/h13-16,33,35H,9-12H2,1-8H3;. The van der Waals surface area contributed by atoms with E-state index in [1.54, 1.807) is 0 Å². The van der Waals surface area contributed by atoms with Crippen molar-refractivity contribution in [3.63, 3.8) is 0 Å². The fourth-order valence-electron chi connectivity index (χ4n) is 6.02. The minimum absolute atomic E-state index is 0. The van der Waals surface area contributed by atoms with Gasteiger partial charge in [-0.05, 0) is 122 Å². The maximum Gasteiger partial charge on any atom is 0.0693 e. The van der Waals surface area contributed by atoms with Crippen molar-refractivity contribution >= 4 is 44.4 Å². The van der Waals surface area contributed by atoms with E-state index in [0.717, 1.165) is 70.5 Å². The van der Waals surface area contributed by atoms with E-state index < -0.39 is 0 Å². The summed E-state index contributed by atoms with van der Waals surface area (Å²) in [5.74, 6) is 0. The number of aryl methyl sites for hydroxylation is 4. The van der Waals surface area contributed by atoms with Gasteiger partial charge in [0.05, 0.1) is 22.8 Å². The minimum atomic E-state index is 0. The zero-order chi connectivity index (χ0) is 25.7. The summed E-state index contributed by atoms with van der Waals surface area (Å²) in [6.07, 6.45) is 3.86. The first-order chi connectivity index (χ1) is 17.3. The Labute approximate surface area is 230 Å². The zero-order valence-corrected chi connectivity index (χ0v) is 24.3. The van der Waals surface area contributed by atoms with Crippen LogP contribution in [0.25, 0.3) is 44.4 Å². The molecule has 3 aromatic heterocycles. The van der Waals surface area contributed by atoms with Gasteiger partial charge in [-0.2, -0.15) is 0 Å². The van der Waals surface area contributed by atoms with Crippen LogP contribution < -0.4 is 0 Å². The summed E-state index contributed by atoms with van der Waals surface area (Å²) in [6, 6.07) is 8.98. The smallest absolute Gasteiger partial charge is 0.0693 e. The molecule has 0 aliphatic carbocycles. The molecule has 8 bridgehead atoms. The molecular formula is C32H38N4Ni. The van der Waals surface area contributed by atoms with Crippen molar-refractivity contribution in [1.82, 2.24) is 19.9 Å². The Kier molecular flexibility index (Phi) is 7.67. The summed E-state index contributed by atoms with van der Waals surface area (Å²) >= 11 is 0. The molecule has 0 fully saturated rings. The number of nitrogens with zero attached hydrogens (tertiary/aromatic N) is 2. The first kappa shape index (κ1) is 27.1. The summed E-state index contributed by atoms with van der Waals surface area (Å²) in [4.78, 5) is 17.7. The van der Waals surface area contributed by atoms with Crippen LogP contribution in [0.2, 0.25) is 0 Å². The average molecular weight is 537 g/mol. The van der Waals surface area contributed by atoms with E-state index in [4.69, 9.17) is 9.97 Å². The number of H-pyrrole nitrogens is 2. The molecule has 2 aliphatic rings. The molecule has 3 aromatic rings. The van der Waals surface area contributed by atoms with Crippen LogP contribution in [0.4, 0.5) is 0 Å². The molecule has 0 spiro atoms. The van der Waals surface area contributed by atoms with Crippen molar-refractivity contribution in [2.45, 2.75) is 81.1 Å². The van der Waals surface area contributed by atoms with E-state index in [1.807, 2.05) is 0 Å². The third-order valence-corrected chi connectivity index (χ3v) is 8.21. The third kappa shape index (κ3) is 4.42. The fraction of sp³-hybridized carbons (Fsp3) is 0.375. The van der Waals surface area contributed by atoms with Gasteiger partial charge in [0.15, 0.2) is 0 Å². The van der Waals surface area contributed by atoms with Crippen molar-refractivity contribution in [2.24, 2.45) is 0 Å². The molecule has 2 aliphatic heterocycles. The molecule has 5 rings (SSSR count). The van der Waals surface area contributed by atoms with Crippen LogP contribution in [0.15, 0.2) is 24.3 Å². The van der Waals surface area contributed by atoms with Gasteiger partial charge < -0.3 is 9.97 Å². The number of nitrogens with one attached hydrogen (secondary N) is 2. The molecule has 0 radical (unpaired) electrons. The van der Waals surface area contributed by atoms with Crippen molar-refractivity contribution in [1.29, 1.82) is 0 Å². The van der Waals surface area contributed by atoms with Crippen molar-refractivity contribution in [2.75, 3.05) is 0 Å². The quantitative estimate of drug-likeness (QED) is 0.327. The van der Waals surface area contributed by atoms with Gasteiger partial charge in [-0.1, -0.05) is 27.7 Å². The Morgan fingerprint density at radius 2 is 0.919 bits per heavy atom. The SMILES string of the molecule is CCC1=C(C)c2cc3nc(cc4[nH]c(cc5[nH]c(cc1n2)c(CC)c5C)c(C)c4CC)C(CC)=C3C.[Ni]. The van der Waals surface area contributed by atoms with Gasteiger partial charge >= 0.3 is 0 Å². The summed E-state index contributed by atoms with van der Waals surface area (Å²) in [7, 11) is 0. The second-order valence-corrected chi connectivity index (χ2v) is 10.1. The predicted octanol–water partition coefficient (Wildman–Crippen LogP) is 8.74. The van der Waals surface area contributed by atoms with Gasteiger partial charge in [0, 0.05) is 38.6 Å². The monoisotopic (exact) mass is 536 g/mol. The molecule has 4 nitrogen and oxygen atoms in total. The molecule has 0 amide bonds. The Morgan fingerprint density at radius 3 is 1.27 bits per heavy atom. The number of hydrogen-bond donors (Lipinski definition) is 2. The minimum Gasteiger partial charge on any atom is -0.355 e. The summed E-state index contributed by atoms with van der Waals surface area (Å²) in [6.45, 7) is 17.8. The normalized spacial score (nSPS) is 13.4. The van der Waals surface area contributed by atoms with Gasteiger partial charge in [-0.15, -0.1) is 0 Å². The first-order valence-corrected chi connectivity index (χ1v) is 13.4. The second-order valence-electron chi connectivity index (χ2n) is 10.1. The van der Waals surface area contributed by atoms with Gasteiger partial charge in [0.1, 0.15) is 0 Å². The Bertz CT molecular complexity index is 1490. The van der Waals surface area contributed by atoms with E-state index in [1.165, 1.54) is 44.5 Å². The molecule has 0 saturated carbocycles. The van der Waals surface area contributed by atoms with Gasteiger partial charge in [-0.25, -0.2) is 9.97 Å². The number of hydrogen-bond acceptors (Lipinski definition) is 2. The van der Waals surface area contributed by atoms with E-state index >= 15 is 0 Å². The summed E-state index contributed by atoms with van der Waals surface area (Å²) < 4.78 is 0. The van der Waals surface area contributed by atoms with Gasteiger partial charge in [-0.3, -0.25) is 0 Å². The fourth-order valence-corrected chi connectivity index (χ4v) is 6.02. The van der Waals surface area contributed by atoms with Crippen LogP contribution in [0.3, 0.4) is 0 Å². The van der Waals surface area contributed by atoms with E-state index in [9.17, 15) is 0 Å². The Morgan fingerprint density at radius 1 is 0.514 bits per heavy atom. The third-order valence-electron chi connectivity index (χ3n) is 8.21. The number of allylic oxidation sites excluding steroid dienone is 4. The molecule has 0 saturated heterocycles.